The number of thioether (sulfide) groups is 1. The Morgan fingerprint density at radius 2 is 2.03 bits per heavy atom. The molecule has 0 spiro atoms. The highest BCUT2D eigenvalue weighted by molar-refractivity contribution is 7.99. The normalized spacial score (nSPS) is 14.0. The van der Waals surface area contributed by atoms with E-state index in [4.69, 9.17) is 9.15 Å². The standard InChI is InChI=1S/C18H21N7O3S/c1-27-13-7-5-12(6-8-13)15-21-24-18(28-15)29-11-14(26)19-16-20-17(23-22-16)25-9-3-2-4-10-25/h5-8H,2-4,9-11H2,1H3,(H2,19,20,22,23,26). The molecule has 1 fully saturated rings. The molecule has 0 unspecified atom stereocenters. The van der Waals surface area contributed by atoms with E-state index < -0.39 is 0 Å². The minimum Gasteiger partial charge on any atom is -0.497 e. The molecule has 10 nitrogen and oxygen atoms in total. The first-order chi connectivity index (χ1) is 14.2. The van der Waals surface area contributed by atoms with Crippen LogP contribution in [0.5, 0.6) is 5.75 Å². The first-order valence-corrected chi connectivity index (χ1v) is 10.3. The largest absolute Gasteiger partial charge is 0.497 e. The number of piperidine rings is 1. The van der Waals surface area contributed by atoms with Gasteiger partial charge in [-0.1, -0.05) is 11.8 Å². The molecule has 1 amide bonds. The fourth-order valence-electron chi connectivity index (χ4n) is 2.96. The molecule has 0 saturated carbocycles. The van der Waals surface area contributed by atoms with Gasteiger partial charge in [0.2, 0.25) is 23.7 Å². The number of carbonyl (C=O) groups excluding carboxylic acids is 1. The van der Waals surface area contributed by atoms with Crippen molar-refractivity contribution in [3.05, 3.63) is 24.3 Å². The van der Waals surface area contributed by atoms with Gasteiger partial charge in [-0.25, -0.2) is 5.10 Å². The minimum absolute atomic E-state index is 0.115. The number of carbonyl (C=O) groups is 1. The Labute approximate surface area is 171 Å². The molecule has 152 valence electrons. The van der Waals surface area contributed by atoms with Gasteiger partial charge in [0.15, 0.2) is 0 Å². The van der Waals surface area contributed by atoms with E-state index >= 15 is 0 Å². The van der Waals surface area contributed by atoms with E-state index in [0.717, 1.165) is 49.0 Å². The second-order valence-electron chi connectivity index (χ2n) is 6.47. The maximum Gasteiger partial charge on any atom is 0.277 e. The van der Waals surface area contributed by atoms with Crippen molar-refractivity contribution >= 4 is 29.6 Å². The number of rotatable bonds is 7. The van der Waals surface area contributed by atoms with Crippen molar-refractivity contribution in [2.45, 2.75) is 24.5 Å². The SMILES string of the molecule is COc1ccc(-c2nnc(SCC(=O)Nc3nc(N4CCCCC4)n[nH]3)o2)cc1. The van der Waals surface area contributed by atoms with Crippen LogP contribution in [-0.4, -0.2) is 57.2 Å². The smallest absolute Gasteiger partial charge is 0.277 e. The number of ether oxygens (including phenoxy) is 1. The molecule has 1 saturated heterocycles. The van der Waals surface area contributed by atoms with Gasteiger partial charge in [0.05, 0.1) is 12.9 Å². The van der Waals surface area contributed by atoms with Gasteiger partial charge < -0.3 is 14.1 Å². The summed E-state index contributed by atoms with van der Waals surface area (Å²) < 4.78 is 10.7. The predicted molar refractivity (Wildman–Crippen MR) is 108 cm³/mol. The number of amides is 1. The maximum atomic E-state index is 12.2. The number of anilines is 2. The molecule has 0 aliphatic carbocycles. The molecular formula is C18H21N7O3S. The zero-order valence-electron chi connectivity index (χ0n) is 15.9. The Morgan fingerprint density at radius 1 is 1.24 bits per heavy atom. The first-order valence-electron chi connectivity index (χ1n) is 9.29. The Bertz CT molecular complexity index is 951. The zero-order chi connectivity index (χ0) is 20.1. The molecule has 0 radical (unpaired) electrons. The quantitative estimate of drug-likeness (QED) is 0.561. The number of benzene rings is 1. The highest BCUT2D eigenvalue weighted by Crippen LogP contribution is 2.25. The van der Waals surface area contributed by atoms with E-state index in [9.17, 15) is 4.79 Å². The number of methoxy groups -OCH3 is 1. The fourth-order valence-corrected chi connectivity index (χ4v) is 3.52. The van der Waals surface area contributed by atoms with Crippen molar-refractivity contribution in [2.75, 3.05) is 36.2 Å². The topological polar surface area (TPSA) is 122 Å². The molecule has 1 aliphatic rings. The second kappa shape index (κ2) is 8.95. The number of nitrogens with one attached hydrogen (secondary N) is 2. The molecule has 3 heterocycles. The molecule has 2 N–H and O–H groups in total. The van der Waals surface area contributed by atoms with Gasteiger partial charge in [-0.2, -0.15) is 4.98 Å². The first kappa shape index (κ1) is 19.2. The van der Waals surface area contributed by atoms with E-state index in [-0.39, 0.29) is 11.7 Å². The van der Waals surface area contributed by atoms with Crippen molar-refractivity contribution in [3.8, 4) is 17.2 Å². The van der Waals surface area contributed by atoms with Crippen molar-refractivity contribution in [1.82, 2.24) is 25.4 Å². The van der Waals surface area contributed by atoms with Crippen LogP contribution in [0.15, 0.2) is 33.9 Å². The number of H-pyrrole nitrogens is 1. The van der Waals surface area contributed by atoms with Crippen LogP contribution in [0.4, 0.5) is 11.9 Å². The van der Waals surface area contributed by atoms with Crippen molar-refractivity contribution in [2.24, 2.45) is 0 Å². The van der Waals surface area contributed by atoms with Crippen LogP contribution in [0.25, 0.3) is 11.5 Å². The Morgan fingerprint density at radius 3 is 2.79 bits per heavy atom. The van der Waals surface area contributed by atoms with Gasteiger partial charge in [-0.05, 0) is 43.5 Å². The molecule has 0 bridgehead atoms. The molecule has 29 heavy (non-hydrogen) atoms. The Hall–Kier alpha value is -3.08. The van der Waals surface area contributed by atoms with Crippen molar-refractivity contribution in [1.29, 1.82) is 0 Å². The van der Waals surface area contributed by atoms with E-state index in [1.54, 1.807) is 7.11 Å². The number of hydrogen-bond acceptors (Lipinski definition) is 9. The molecule has 3 aromatic rings. The summed E-state index contributed by atoms with van der Waals surface area (Å²) in [6.45, 7) is 1.88. The van der Waals surface area contributed by atoms with Crippen LogP contribution in [0.1, 0.15) is 19.3 Å². The van der Waals surface area contributed by atoms with Gasteiger partial charge >= 0.3 is 0 Å². The average Bonchev–Trinajstić information content (AvgIpc) is 3.43. The molecule has 1 aromatic carbocycles. The number of aromatic amines is 1. The zero-order valence-corrected chi connectivity index (χ0v) is 16.7. The van der Waals surface area contributed by atoms with Crippen LogP contribution >= 0.6 is 11.8 Å². The summed E-state index contributed by atoms with van der Waals surface area (Å²) >= 11 is 1.16. The lowest BCUT2D eigenvalue weighted by Gasteiger charge is -2.24. The van der Waals surface area contributed by atoms with E-state index in [2.05, 4.69) is 35.6 Å². The van der Waals surface area contributed by atoms with E-state index in [1.165, 1.54) is 6.42 Å². The van der Waals surface area contributed by atoms with Gasteiger partial charge in [0, 0.05) is 18.7 Å². The van der Waals surface area contributed by atoms with Crippen molar-refractivity contribution < 1.29 is 13.9 Å². The lowest BCUT2D eigenvalue weighted by Crippen LogP contribution is -2.30. The number of hydrogen-bond donors (Lipinski definition) is 2. The second-order valence-corrected chi connectivity index (χ2v) is 7.40. The molecule has 11 heteroatoms. The van der Waals surface area contributed by atoms with Crippen LogP contribution in [0.2, 0.25) is 0 Å². The van der Waals surface area contributed by atoms with Crippen LogP contribution in [0.3, 0.4) is 0 Å². The molecular weight excluding hydrogens is 394 g/mol. The minimum atomic E-state index is -0.236. The monoisotopic (exact) mass is 415 g/mol. The van der Waals surface area contributed by atoms with Gasteiger partial charge in [-0.3, -0.25) is 10.1 Å². The van der Waals surface area contributed by atoms with Gasteiger partial charge in [0.25, 0.3) is 5.22 Å². The summed E-state index contributed by atoms with van der Waals surface area (Å²) in [4.78, 5) is 18.6. The maximum absolute atomic E-state index is 12.2. The van der Waals surface area contributed by atoms with Crippen LogP contribution in [-0.2, 0) is 4.79 Å². The number of nitrogens with zero attached hydrogens (tertiary/aromatic N) is 5. The predicted octanol–water partition coefficient (Wildman–Crippen LogP) is 2.58. The Balaban J connectivity index is 1.28. The molecule has 2 aromatic heterocycles. The van der Waals surface area contributed by atoms with Gasteiger partial charge in [-0.15, -0.1) is 15.3 Å². The van der Waals surface area contributed by atoms with E-state index in [1.807, 2.05) is 24.3 Å². The average molecular weight is 415 g/mol. The third kappa shape index (κ3) is 4.86. The summed E-state index contributed by atoms with van der Waals surface area (Å²) in [5.74, 6) is 1.96. The molecule has 4 rings (SSSR count). The summed E-state index contributed by atoms with van der Waals surface area (Å²) in [5.41, 5.74) is 0.779. The summed E-state index contributed by atoms with van der Waals surface area (Å²) in [5, 5.41) is 17.9. The van der Waals surface area contributed by atoms with Crippen LogP contribution < -0.4 is 15.0 Å². The Kier molecular flexibility index (Phi) is 5.94. The summed E-state index contributed by atoms with van der Waals surface area (Å²) in [6, 6.07) is 7.29. The van der Waals surface area contributed by atoms with E-state index in [0.29, 0.717) is 23.0 Å². The third-order valence-electron chi connectivity index (χ3n) is 4.44. The summed E-state index contributed by atoms with van der Waals surface area (Å²) in [7, 11) is 1.61. The van der Waals surface area contributed by atoms with Crippen molar-refractivity contribution in [3.63, 3.8) is 0 Å². The highest BCUT2D eigenvalue weighted by atomic mass is 32.2. The lowest BCUT2D eigenvalue weighted by atomic mass is 10.1. The lowest BCUT2D eigenvalue weighted by molar-refractivity contribution is -0.113. The number of aromatic nitrogens is 5. The van der Waals surface area contributed by atoms with Crippen LogP contribution in [0, 0.1) is 0 Å². The highest BCUT2D eigenvalue weighted by Gasteiger charge is 2.17. The van der Waals surface area contributed by atoms with Gasteiger partial charge in [0.1, 0.15) is 5.75 Å². The molecule has 0 atom stereocenters. The summed E-state index contributed by atoms with van der Waals surface area (Å²) in [6.07, 6.45) is 3.50. The molecule has 1 aliphatic heterocycles. The third-order valence-corrected chi connectivity index (χ3v) is 5.26. The fraction of sp³-hybridized carbons (Fsp3) is 0.389.